The van der Waals surface area contributed by atoms with Crippen LogP contribution < -0.4 is 16.0 Å². The van der Waals surface area contributed by atoms with E-state index < -0.39 is 0 Å². The summed E-state index contributed by atoms with van der Waals surface area (Å²) in [5.74, 6) is 1.67. The molecule has 0 aliphatic heterocycles. The summed E-state index contributed by atoms with van der Waals surface area (Å²) < 4.78 is 0. The number of amides is 1. The van der Waals surface area contributed by atoms with E-state index in [2.05, 4.69) is 33.1 Å². The van der Waals surface area contributed by atoms with E-state index in [1.165, 1.54) is 24.2 Å². The van der Waals surface area contributed by atoms with Crippen LogP contribution in [0.1, 0.15) is 39.0 Å². The number of carbonyl (C=O) groups excluding carboxylic acids is 1. The normalized spacial score (nSPS) is 15.6. The fourth-order valence-electron chi connectivity index (χ4n) is 2.87. The standard InChI is InChI=1S/C19H30N4OS/c1-2-20-19(21-13-14-25-17-11-7-4-8-12-17)22-15-18(24)23-16-9-5-3-6-10-16/h4,7-8,11-12,16H,2-3,5-6,9-10,13-15H2,1H3,(H,23,24)(H2,20,21,22). The highest BCUT2D eigenvalue weighted by Gasteiger charge is 2.15. The number of nitrogens with one attached hydrogen (secondary N) is 3. The van der Waals surface area contributed by atoms with Gasteiger partial charge in [0.15, 0.2) is 5.96 Å². The number of thioether (sulfide) groups is 1. The van der Waals surface area contributed by atoms with Gasteiger partial charge in [0.25, 0.3) is 0 Å². The number of rotatable bonds is 8. The van der Waals surface area contributed by atoms with Gasteiger partial charge in [-0.1, -0.05) is 37.5 Å². The van der Waals surface area contributed by atoms with Gasteiger partial charge in [-0.05, 0) is 31.9 Å². The third-order valence-electron chi connectivity index (χ3n) is 4.10. The van der Waals surface area contributed by atoms with Crippen molar-refractivity contribution in [2.45, 2.75) is 50.0 Å². The van der Waals surface area contributed by atoms with Gasteiger partial charge in [0.2, 0.25) is 5.91 Å². The fraction of sp³-hybridized carbons (Fsp3) is 0.579. The molecule has 6 heteroatoms. The summed E-state index contributed by atoms with van der Waals surface area (Å²) in [6, 6.07) is 10.7. The number of carbonyl (C=O) groups is 1. The van der Waals surface area contributed by atoms with Crippen LogP contribution in [0, 0.1) is 0 Å². The Bertz CT molecular complexity index is 529. The van der Waals surface area contributed by atoms with E-state index in [4.69, 9.17) is 0 Å². The van der Waals surface area contributed by atoms with Crippen LogP contribution in [0.2, 0.25) is 0 Å². The second kappa shape index (κ2) is 11.8. The van der Waals surface area contributed by atoms with Gasteiger partial charge in [-0.15, -0.1) is 11.8 Å². The summed E-state index contributed by atoms with van der Waals surface area (Å²) in [4.78, 5) is 17.7. The molecule has 1 amide bonds. The Kier molecular flexibility index (Phi) is 9.26. The summed E-state index contributed by atoms with van der Waals surface area (Å²) in [5.41, 5.74) is 0. The summed E-state index contributed by atoms with van der Waals surface area (Å²) in [6.07, 6.45) is 5.93. The molecule has 5 nitrogen and oxygen atoms in total. The number of benzene rings is 1. The highest BCUT2D eigenvalue weighted by molar-refractivity contribution is 7.99. The zero-order valence-corrected chi connectivity index (χ0v) is 15.9. The van der Waals surface area contributed by atoms with Crippen molar-refractivity contribution in [2.75, 3.05) is 25.4 Å². The Balaban J connectivity index is 1.68. The monoisotopic (exact) mass is 362 g/mol. The average Bonchev–Trinajstić information content (AvgIpc) is 2.65. The Labute approximate surface area is 155 Å². The molecule has 1 fully saturated rings. The molecule has 0 spiro atoms. The van der Waals surface area contributed by atoms with E-state index in [1.807, 2.05) is 25.1 Å². The van der Waals surface area contributed by atoms with Crippen LogP contribution in [-0.4, -0.2) is 43.3 Å². The molecule has 0 saturated heterocycles. The van der Waals surface area contributed by atoms with E-state index in [-0.39, 0.29) is 12.5 Å². The number of nitrogens with zero attached hydrogens (tertiary/aromatic N) is 1. The van der Waals surface area contributed by atoms with E-state index in [9.17, 15) is 4.79 Å². The molecular weight excluding hydrogens is 332 g/mol. The van der Waals surface area contributed by atoms with Crippen molar-refractivity contribution >= 4 is 23.6 Å². The molecular formula is C19H30N4OS. The smallest absolute Gasteiger partial charge is 0.242 e. The first-order valence-electron chi connectivity index (χ1n) is 9.27. The van der Waals surface area contributed by atoms with Crippen molar-refractivity contribution in [3.8, 4) is 0 Å². The highest BCUT2D eigenvalue weighted by Crippen LogP contribution is 2.17. The Hall–Kier alpha value is -1.69. The summed E-state index contributed by atoms with van der Waals surface area (Å²) in [7, 11) is 0. The summed E-state index contributed by atoms with van der Waals surface area (Å²) >= 11 is 1.80. The molecule has 0 bridgehead atoms. The minimum Gasteiger partial charge on any atom is -0.357 e. The molecule has 1 saturated carbocycles. The second-order valence-electron chi connectivity index (χ2n) is 6.19. The van der Waals surface area contributed by atoms with Crippen LogP contribution in [0.4, 0.5) is 0 Å². The minimum absolute atomic E-state index is 0.0164. The van der Waals surface area contributed by atoms with E-state index >= 15 is 0 Å². The van der Waals surface area contributed by atoms with E-state index in [0.717, 1.165) is 31.7 Å². The maximum atomic E-state index is 12.1. The van der Waals surface area contributed by atoms with Gasteiger partial charge in [0.1, 0.15) is 6.54 Å². The van der Waals surface area contributed by atoms with Crippen molar-refractivity contribution < 1.29 is 4.79 Å². The van der Waals surface area contributed by atoms with Gasteiger partial charge >= 0.3 is 0 Å². The molecule has 1 aromatic carbocycles. The van der Waals surface area contributed by atoms with Crippen LogP contribution >= 0.6 is 11.8 Å². The lowest BCUT2D eigenvalue weighted by Gasteiger charge is -2.22. The lowest BCUT2D eigenvalue weighted by molar-refractivity contribution is -0.120. The molecule has 1 aliphatic rings. The van der Waals surface area contributed by atoms with Crippen LogP contribution in [-0.2, 0) is 4.79 Å². The van der Waals surface area contributed by atoms with Crippen molar-refractivity contribution in [1.82, 2.24) is 16.0 Å². The third kappa shape index (κ3) is 8.29. The Morgan fingerprint density at radius 3 is 2.64 bits per heavy atom. The van der Waals surface area contributed by atoms with Crippen LogP contribution in [0.3, 0.4) is 0 Å². The SMILES string of the molecule is CCNC(=NCC(=O)NC1CCCCC1)NCCSc1ccccc1. The van der Waals surface area contributed by atoms with E-state index in [0.29, 0.717) is 12.0 Å². The molecule has 2 rings (SSSR count). The van der Waals surface area contributed by atoms with Gasteiger partial charge in [0.05, 0.1) is 0 Å². The number of aliphatic imine (C=N–C) groups is 1. The number of guanidine groups is 1. The topological polar surface area (TPSA) is 65.5 Å². The van der Waals surface area contributed by atoms with Crippen LogP contribution in [0.5, 0.6) is 0 Å². The van der Waals surface area contributed by atoms with E-state index in [1.54, 1.807) is 11.8 Å². The molecule has 138 valence electrons. The van der Waals surface area contributed by atoms with Crippen LogP contribution in [0.25, 0.3) is 0 Å². The number of hydrogen-bond acceptors (Lipinski definition) is 3. The molecule has 0 unspecified atom stereocenters. The second-order valence-corrected chi connectivity index (χ2v) is 7.35. The Morgan fingerprint density at radius 2 is 1.92 bits per heavy atom. The molecule has 0 aromatic heterocycles. The lowest BCUT2D eigenvalue weighted by Crippen LogP contribution is -2.41. The largest absolute Gasteiger partial charge is 0.357 e. The summed E-state index contributed by atoms with van der Waals surface area (Å²) in [6.45, 7) is 3.78. The van der Waals surface area contributed by atoms with Gasteiger partial charge in [-0.3, -0.25) is 4.79 Å². The van der Waals surface area contributed by atoms with Gasteiger partial charge < -0.3 is 16.0 Å². The molecule has 0 radical (unpaired) electrons. The van der Waals surface area contributed by atoms with Crippen molar-refractivity contribution in [3.05, 3.63) is 30.3 Å². The zero-order chi connectivity index (χ0) is 17.7. The fourth-order valence-corrected chi connectivity index (χ4v) is 3.66. The van der Waals surface area contributed by atoms with Crippen molar-refractivity contribution in [2.24, 2.45) is 4.99 Å². The Morgan fingerprint density at radius 1 is 1.16 bits per heavy atom. The predicted octanol–water partition coefficient (Wildman–Crippen LogP) is 2.78. The lowest BCUT2D eigenvalue weighted by atomic mass is 9.95. The maximum absolute atomic E-state index is 12.1. The quantitative estimate of drug-likeness (QED) is 0.288. The first kappa shape index (κ1) is 19.6. The zero-order valence-electron chi connectivity index (χ0n) is 15.1. The van der Waals surface area contributed by atoms with Crippen molar-refractivity contribution in [3.63, 3.8) is 0 Å². The minimum atomic E-state index is 0.0164. The molecule has 0 atom stereocenters. The van der Waals surface area contributed by atoms with Gasteiger partial charge in [-0.25, -0.2) is 4.99 Å². The number of hydrogen-bond donors (Lipinski definition) is 3. The molecule has 1 aliphatic carbocycles. The van der Waals surface area contributed by atoms with Gasteiger partial charge in [-0.2, -0.15) is 0 Å². The van der Waals surface area contributed by atoms with Crippen LogP contribution in [0.15, 0.2) is 40.2 Å². The maximum Gasteiger partial charge on any atom is 0.242 e. The summed E-state index contributed by atoms with van der Waals surface area (Å²) in [5, 5.41) is 9.58. The average molecular weight is 363 g/mol. The first-order chi connectivity index (χ1) is 12.3. The highest BCUT2D eigenvalue weighted by atomic mass is 32.2. The third-order valence-corrected chi connectivity index (χ3v) is 5.12. The molecule has 0 heterocycles. The first-order valence-corrected chi connectivity index (χ1v) is 10.3. The molecule has 3 N–H and O–H groups in total. The molecule has 25 heavy (non-hydrogen) atoms. The van der Waals surface area contributed by atoms with Crippen molar-refractivity contribution in [1.29, 1.82) is 0 Å². The van der Waals surface area contributed by atoms with Gasteiger partial charge in [0, 0.05) is 29.8 Å². The predicted molar refractivity (Wildman–Crippen MR) is 106 cm³/mol. The molecule has 1 aromatic rings.